The summed E-state index contributed by atoms with van der Waals surface area (Å²) >= 11 is 0. The molecule has 0 saturated heterocycles. The van der Waals surface area contributed by atoms with Crippen LogP contribution in [0.1, 0.15) is 86.1 Å². The molecule has 0 N–H and O–H groups in total. The van der Waals surface area contributed by atoms with Gasteiger partial charge in [0.1, 0.15) is 0 Å². The van der Waals surface area contributed by atoms with Gasteiger partial charge in [-0.05, 0) is 123 Å². The maximum Gasteiger partial charge on any atom is 0.0619 e. The molecule has 0 bridgehead atoms. The maximum atomic E-state index is 2.53. The molecule has 12 aromatic rings. The van der Waals surface area contributed by atoms with E-state index in [0.29, 0.717) is 11.8 Å². The fourth-order valence-electron chi connectivity index (χ4n) is 11.9. The second-order valence-electron chi connectivity index (χ2n) is 19.9. The summed E-state index contributed by atoms with van der Waals surface area (Å²) in [6.45, 7) is 11.6. The Kier molecular flexibility index (Phi) is 11.0. The second kappa shape index (κ2) is 17.8. The summed E-state index contributed by atoms with van der Waals surface area (Å²) in [6, 6.07) is 86.9. The van der Waals surface area contributed by atoms with E-state index < -0.39 is 0 Å². The lowest BCUT2D eigenvalue weighted by Crippen LogP contribution is -2.13. The summed E-state index contributed by atoms with van der Waals surface area (Å²) in [6.07, 6.45) is 0. The number of rotatable bonds is 10. The van der Waals surface area contributed by atoms with E-state index in [-0.39, 0.29) is 11.8 Å². The van der Waals surface area contributed by atoms with Gasteiger partial charge in [-0.1, -0.05) is 247 Å². The zero-order chi connectivity index (χ0) is 47.5. The van der Waals surface area contributed by atoms with Gasteiger partial charge in [0.15, 0.2) is 0 Å². The first kappa shape index (κ1) is 43.3. The molecule has 0 aliphatic rings. The average Bonchev–Trinajstić information content (AvgIpc) is 3.41. The van der Waals surface area contributed by atoms with E-state index in [4.69, 9.17) is 0 Å². The fourth-order valence-corrected chi connectivity index (χ4v) is 11.9. The van der Waals surface area contributed by atoms with Gasteiger partial charge in [-0.2, -0.15) is 0 Å². The highest BCUT2D eigenvalue weighted by atomic mass is 15.1. The summed E-state index contributed by atoms with van der Waals surface area (Å²) in [4.78, 5) is 2.53. The van der Waals surface area contributed by atoms with Gasteiger partial charge in [-0.3, -0.25) is 0 Å². The van der Waals surface area contributed by atoms with Crippen molar-refractivity contribution in [3.63, 3.8) is 0 Å². The number of anilines is 3. The standard InChI is InChI=1S/C69H57N/c1-44(2)47-36-38-51(39-37-47)65(55-34-18-22-49-20-6-8-24-53(49)55)46(5)66-56-26-10-12-28-58(56)67(59-29-13-11-27-57(59)66)68-60-30-14-16-32-62(60)69(63-33-17-15-31-61(63)68)70(52-42-40-48(41-43-52)45(3)4)64-35-19-23-50-21-7-9-25-54(50)64/h6-46,65H,1-5H3. The first-order valence-electron chi connectivity index (χ1n) is 25.2. The van der Waals surface area contributed by atoms with Gasteiger partial charge >= 0.3 is 0 Å². The lowest BCUT2D eigenvalue weighted by Gasteiger charge is -2.32. The SMILES string of the molecule is CC(C)c1ccc(C(c2cccc3ccccc23)C(C)c2c3ccccc3c(-c3c4ccccc4c(N(c4ccc(C(C)C)cc4)c4cccc5ccccc45)c4ccccc34)c3ccccc23)cc1. The molecule has 12 aromatic carbocycles. The predicted molar refractivity (Wildman–Crippen MR) is 303 cm³/mol. The average molecular weight is 900 g/mol. The molecule has 0 amide bonds. The molecule has 0 saturated carbocycles. The van der Waals surface area contributed by atoms with Crippen LogP contribution in [-0.2, 0) is 0 Å². The summed E-state index contributed by atoms with van der Waals surface area (Å²) in [5.74, 6) is 1.11. The summed E-state index contributed by atoms with van der Waals surface area (Å²) in [5, 5.41) is 15.0. The normalized spacial score (nSPS) is 12.8. The third kappa shape index (κ3) is 7.23. The highest BCUT2D eigenvalue weighted by Gasteiger charge is 2.30. The molecule has 70 heavy (non-hydrogen) atoms. The Morgan fingerprint density at radius 1 is 0.300 bits per heavy atom. The molecule has 12 rings (SSSR count). The minimum absolute atomic E-state index is 0.0978. The molecule has 2 unspecified atom stereocenters. The largest absolute Gasteiger partial charge is 0.309 e. The lowest BCUT2D eigenvalue weighted by molar-refractivity contribution is 0.670. The maximum absolute atomic E-state index is 2.53. The summed E-state index contributed by atoms with van der Waals surface area (Å²) in [5.41, 5.74) is 12.8. The van der Waals surface area contributed by atoms with Gasteiger partial charge < -0.3 is 4.90 Å². The Hall–Kier alpha value is -8.00. The van der Waals surface area contributed by atoms with Crippen molar-refractivity contribution in [2.75, 3.05) is 4.90 Å². The highest BCUT2D eigenvalue weighted by molar-refractivity contribution is 6.29. The predicted octanol–water partition coefficient (Wildman–Crippen LogP) is 19.9. The van der Waals surface area contributed by atoms with Gasteiger partial charge in [-0.25, -0.2) is 0 Å². The monoisotopic (exact) mass is 899 g/mol. The van der Waals surface area contributed by atoms with Crippen molar-refractivity contribution < 1.29 is 0 Å². The Balaban J connectivity index is 1.15. The quantitative estimate of drug-likeness (QED) is 0.124. The van der Waals surface area contributed by atoms with E-state index in [1.54, 1.807) is 0 Å². The van der Waals surface area contributed by atoms with Crippen molar-refractivity contribution in [3.8, 4) is 11.1 Å². The molecule has 0 fully saturated rings. The van der Waals surface area contributed by atoms with Crippen molar-refractivity contribution in [2.24, 2.45) is 0 Å². The molecule has 1 heteroatoms. The van der Waals surface area contributed by atoms with Crippen LogP contribution in [0.3, 0.4) is 0 Å². The van der Waals surface area contributed by atoms with E-state index in [1.807, 2.05) is 0 Å². The third-order valence-corrected chi connectivity index (χ3v) is 15.3. The first-order valence-corrected chi connectivity index (χ1v) is 25.2. The van der Waals surface area contributed by atoms with Gasteiger partial charge in [0, 0.05) is 27.8 Å². The molecule has 0 heterocycles. The first-order chi connectivity index (χ1) is 34.4. The molecule has 0 aromatic heterocycles. The molecule has 0 aliphatic heterocycles. The Labute approximate surface area is 412 Å². The van der Waals surface area contributed by atoms with Crippen LogP contribution in [0.15, 0.2) is 231 Å². The smallest absolute Gasteiger partial charge is 0.0619 e. The molecule has 0 aliphatic carbocycles. The summed E-state index contributed by atoms with van der Waals surface area (Å²) < 4.78 is 0. The van der Waals surface area contributed by atoms with Gasteiger partial charge in [0.05, 0.1) is 11.4 Å². The van der Waals surface area contributed by atoms with Crippen LogP contribution in [0.5, 0.6) is 0 Å². The van der Waals surface area contributed by atoms with Crippen LogP contribution in [0.2, 0.25) is 0 Å². The Morgan fingerprint density at radius 2 is 0.671 bits per heavy atom. The molecule has 0 radical (unpaired) electrons. The van der Waals surface area contributed by atoms with Crippen LogP contribution < -0.4 is 4.90 Å². The third-order valence-electron chi connectivity index (χ3n) is 15.3. The van der Waals surface area contributed by atoms with E-state index in [9.17, 15) is 0 Å². The van der Waals surface area contributed by atoms with Crippen molar-refractivity contribution in [1.29, 1.82) is 0 Å². The van der Waals surface area contributed by atoms with Gasteiger partial charge in [0.25, 0.3) is 0 Å². The van der Waals surface area contributed by atoms with E-state index >= 15 is 0 Å². The molecule has 2 atom stereocenters. The molecular formula is C69H57N. The van der Waals surface area contributed by atoms with Crippen LogP contribution in [-0.4, -0.2) is 0 Å². The van der Waals surface area contributed by atoms with Crippen LogP contribution in [0.4, 0.5) is 17.1 Å². The minimum atomic E-state index is 0.0978. The zero-order valence-electron chi connectivity index (χ0n) is 40.7. The lowest BCUT2D eigenvalue weighted by atomic mass is 9.73. The topological polar surface area (TPSA) is 3.24 Å². The molecule has 1 nitrogen and oxygen atoms in total. The Bertz CT molecular complexity index is 3790. The minimum Gasteiger partial charge on any atom is -0.309 e. The summed E-state index contributed by atoms with van der Waals surface area (Å²) in [7, 11) is 0. The number of benzene rings is 12. The van der Waals surface area contributed by atoms with Crippen LogP contribution >= 0.6 is 0 Å². The molecule has 338 valence electrons. The van der Waals surface area contributed by atoms with Crippen molar-refractivity contribution in [3.05, 3.63) is 258 Å². The number of hydrogen-bond acceptors (Lipinski definition) is 1. The Morgan fingerprint density at radius 3 is 1.19 bits per heavy atom. The van der Waals surface area contributed by atoms with E-state index in [0.717, 1.165) is 11.4 Å². The van der Waals surface area contributed by atoms with Crippen LogP contribution in [0, 0.1) is 0 Å². The van der Waals surface area contributed by atoms with E-state index in [2.05, 4.69) is 270 Å². The van der Waals surface area contributed by atoms with Gasteiger partial charge in [0.2, 0.25) is 0 Å². The number of fused-ring (bicyclic) bond motifs is 6. The highest BCUT2D eigenvalue weighted by Crippen LogP contribution is 2.54. The molecule has 0 spiro atoms. The van der Waals surface area contributed by atoms with Crippen molar-refractivity contribution in [1.82, 2.24) is 0 Å². The van der Waals surface area contributed by atoms with Crippen LogP contribution in [0.25, 0.3) is 75.8 Å². The number of nitrogens with zero attached hydrogens (tertiary/aromatic N) is 1. The van der Waals surface area contributed by atoms with E-state index in [1.165, 1.54) is 109 Å². The zero-order valence-corrected chi connectivity index (χ0v) is 40.7. The number of hydrogen-bond donors (Lipinski definition) is 0. The molecular weight excluding hydrogens is 843 g/mol. The van der Waals surface area contributed by atoms with Gasteiger partial charge in [-0.15, -0.1) is 0 Å². The fraction of sp³-hybridized carbons (Fsp3) is 0.130. The van der Waals surface area contributed by atoms with Crippen molar-refractivity contribution >= 4 is 81.7 Å². The van der Waals surface area contributed by atoms with Crippen molar-refractivity contribution in [2.45, 2.75) is 58.3 Å². The second-order valence-corrected chi connectivity index (χ2v) is 19.9.